The second-order valence-electron chi connectivity index (χ2n) is 3.99. The summed E-state index contributed by atoms with van der Waals surface area (Å²) in [6, 6.07) is 0.485. The molecule has 0 saturated heterocycles. The van der Waals surface area contributed by atoms with Crippen LogP contribution in [-0.4, -0.2) is 35.1 Å². The Morgan fingerprint density at radius 2 is 2.17 bits per heavy atom. The van der Waals surface area contributed by atoms with Crippen LogP contribution in [0.3, 0.4) is 0 Å². The quantitative estimate of drug-likeness (QED) is 0.768. The van der Waals surface area contributed by atoms with E-state index in [4.69, 9.17) is 4.52 Å². The van der Waals surface area contributed by atoms with Crippen molar-refractivity contribution >= 4 is 6.01 Å². The molecule has 0 amide bonds. The predicted octanol–water partition coefficient (Wildman–Crippen LogP) is 2.06. The Balaban J connectivity index is 1.74. The Kier molecular flexibility index (Phi) is 3.69. The molecule has 1 aliphatic carbocycles. The van der Waals surface area contributed by atoms with Crippen molar-refractivity contribution in [2.45, 2.75) is 37.8 Å². The molecule has 1 heterocycles. The summed E-state index contributed by atoms with van der Waals surface area (Å²) >= 11 is 0. The zero-order valence-electron chi connectivity index (χ0n) is 9.21. The molecule has 1 aromatic rings. The molecule has 1 saturated carbocycles. The van der Waals surface area contributed by atoms with Gasteiger partial charge in [-0.3, -0.25) is 0 Å². The zero-order chi connectivity index (χ0) is 13.2. The fraction of sp³-hybridized carbons (Fsp3) is 0.778. The second kappa shape index (κ2) is 5.09. The number of hydrogen-bond acceptors (Lipinski definition) is 5. The highest BCUT2D eigenvalue weighted by Gasteiger charge is 2.41. The smallest absolute Gasteiger partial charge is 0.330 e. The van der Waals surface area contributed by atoms with Crippen molar-refractivity contribution in [3.63, 3.8) is 0 Å². The molecule has 1 N–H and O–H groups in total. The number of nitrogens with one attached hydrogen (secondary N) is 1. The van der Waals surface area contributed by atoms with Crippen molar-refractivity contribution < 1.29 is 26.8 Å². The van der Waals surface area contributed by atoms with Gasteiger partial charge in [0.25, 0.3) is 0 Å². The maximum Gasteiger partial charge on any atom is 0.330 e. The minimum Gasteiger partial charge on any atom is -0.367 e. The summed E-state index contributed by atoms with van der Waals surface area (Å²) in [6.07, 6.45) is -1.74. The van der Waals surface area contributed by atoms with Gasteiger partial charge in [-0.2, -0.15) is 13.8 Å². The van der Waals surface area contributed by atoms with E-state index in [-0.39, 0.29) is 11.8 Å². The number of rotatable bonds is 7. The van der Waals surface area contributed by atoms with E-state index in [0.717, 1.165) is 12.8 Å². The number of anilines is 1. The molecule has 18 heavy (non-hydrogen) atoms. The molecule has 5 nitrogen and oxygen atoms in total. The fourth-order valence-electron chi connectivity index (χ4n) is 1.11. The van der Waals surface area contributed by atoms with E-state index in [9.17, 15) is 17.6 Å². The van der Waals surface area contributed by atoms with Crippen molar-refractivity contribution in [1.82, 2.24) is 10.1 Å². The van der Waals surface area contributed by atoms with Gasteiger partial charge in [0.05, 0.1) is 0 Å². The Morgan fingerprint density at radius 3 is 2.78 bits per heavy atom. The molecular formula is C9H11F4N3O2. The maximum atomic E-state index is 12.5. The summed E-state index contributed by atoms with van der Waals surface area (Å²) in [4.78, 5) is 3.81. The third-order valence-electron chi connectivity index (χ3n) is 2.22. The van der Waals surface area contributed by atoms with Gasteiger partial charge in [0.1, 0.15) is 13.2 Å². The second-order valence-corrected chi connectivity index (χ2v) is 3.99. The molecule has 0 spiro atoms. The average Bonchev–Trinajstić information content (AvgIpc) is 2.98. The Labute approximate surface area is 99.5 Å². The highest BCUT2D eigenvalue weighted by molar-refractivity contribution is 5.23. The number of alkyl halides is 4. The molecule has 0 radical (unpaired) electrons. The van der Waals surface area contributed by atoms with E-state index in [0.29, 0.717) is 6.04 Å². The van der Waals surface area contributed by atoms with Crippen LogP contribution in [0, 0.1) is 0 Å². The molecular weight excluding hydrogens is 258 g/mol. The van der Waals surface area contributed by atoms with Crippen LogP contribution < -0.4 is 5.32 Å². The van der Waals surface area contributed by atoms with Crippen LogP contribution in [0.2, 0.25) is 0 Å². The summed E-state index contributed by atoms with van der Waals surface area (Å²) in [7, 11) is 0. The van der Waals surface area contributed by atoms with Crippen molar-refractivity contribution in [2.75, 3.05) is 11.9 Å². The third kappa shape index (κ3) is 3.56. The number of ether oxygens (including phenoxy) is 1. The first-order valence-corrected chi connectivity index (χ1v) is 5.30. The molecule has 0 aliphatic heterocycles. The standard InChI is InChI=1S/C9H11F4N3O2/c10-7(11)9(12,13)4-17-3-6-15-8(18-16-6)14-5-1-2-5/h5,7H,1-4H2,(H,14,15,16). The first kappa shape index (κ1) is 13.1. The van der Waals surface area contributed by atoms with Crippen LogP contribution >= 0.6 is 0 Å². The first-order valence-electron chi connectivity index (χ1n) is 5.30. The zero-order valence-corrected chi connectivity index (χ0v) is 9.21. The van der Waals surface area contributed by atoms with Gasteiger partial charge in [-0.25, -0.2) is 8.78 Å². The molecule has 102 valence electrons. The highest BCUT2D eigenvalue weighted by Crippen LogP contribution is 2.24. The van der Waals surface area contributed by atoms with Crippen molar-refractivity contribution in [2.24, 2.45) is 0 Å². The number of nitrogens with zero attached hydrogens (tertiary/aromatic N) is 2. The molecule has 1 aliphatic rings. The van der Waals surface area contributed by atoms with Crippen molar-refractivity contribution in [3.05, 3.63) is 5.82 Å². The summed E-state index contributed by atoms with van der Waals surface area (Å²) < 4.78 is 57.8. The van der Waals surface area contributed by atoms with Crippen molar-refractivity contribution in [1.29, 1.82) is 0 Å². The number of hydrogen-bond donors (Lipinski definition) is 1. The van der Waals surface area contributed by atoms with Crippen LogP contribution in [0.15, 0.2) is 4.52 Å². The Hall–Kier alpha value is -1.38. The average molecular weight is 269 g/mol. The number of halogens is 4. The number of aromatic nitrogens is 2. The molecule has 0 atom stereocenters. The normalized spacial score (nSPS) is 16.3. The Morgan fingerprint density at radius 1 is 1.44 bits per heavy atom. The van der Waals surface area contributed by atoms with Gasteiger partial charge in [0, 0.05) is 6.04 Å². The van der Waals surface area contributed by atoms with Gasteiger partial charge < -0.3 is 14.6 Å². The molecule has 0 aromatic carbocycles. The molecule has 0 unspecified atom stereocenters. The predicted molar refractivity (Wildman–Crippen MR) is 51.5 cm³/mol. The lowest BCUT2D eigenvalue weighted by Gasteiger charge is -2.14. The fourth-order valence-corrected chi connectivity index (χ4v) is 1.11. The van der Waals surface area contributed by atoms with E-state index in [1.165, 1.54) is 0 Å². The van der Waals surface area contributed by atoms with E-state index in [1.54, 1.807) is 0 Å². The lowest BCUT2D eigenvalue weighted by molar-refractivity contribution is -0.168. The van der Waals surface area contributed by atoms with Gasteiger partial charge in [-0.15, -0.1) is 0 Å². The Bertz CT molecular complexity index is 395. The summed E-state index contributed by atoms with van der Waals surface area (Å²) in [5.41, 5.74) is 0. The molecule has 1 fully saturated rings. The van der Waals surface area contributed by atoms with Crippen LogP contribution in [-0.2, 0) is 11.3 Å². The van der Waals surface area contributed by atoms with Gasteiger partial charge in [0.2, 0.25) is 0 Å². The topological polar surface area (TPSA) is 60.2 Å². The monoisotopic (exact) mass is 269 g/mol. The minimum absolute atomic E-state index is 0.0308. The van der Waals surface area contributed by atoms with E-state index < -0.39 is 25.6 Å². The molecule has 9 heteroatoms. The van der Waals surface area contributed by atoms with E-state index in [1.807, 2.05) is 0 Å². The van der Waals surface area contributed by atoms with E-state index >= 15 is 0 Å². The van der Waals surface area contributed by atoms with Gasteiger partial charge in [-0.1, -0.05) is 5.16 Å². The highest BCUT2D eigenvalue weighted by atomic mass is 19.3. The van der Waals surface area contributed by atoms with Gasteiger partial charge >= 0.3 is 18.4 Å². The van der Waals surface area contributed by atoms with Crippen LogP contribution in [0.4, 0.5) is 23.6 Å². The molecule has 2 rings (SSSR count). The minimum atomic E-state index is -4.17. The summed E-state index contributed by atoms with van der Waals surface area (Å²) in [5, 5.41) is 6.35. The van der Waals surface area contributed by atoms with Crippen molar-refractivity contribution in [3.8, 4) is 0 Å². The SMILES string of the molecule is FC(F)C(F)(F)COCc1noc(NC2CC2)n1. The van der Waals surface area contributed by atoms with Gasteiger partial charge in [-0.05, 0) is 12.8 Å². The van der Waals surface area contributed by atoms with Crippen LogP contribution in [0.25, 0.3) is 0 Å². The third-order valence-corrected chi connectivity index (χ3v) is 2.22. The molecule has 1 aromatic heterocycles. The van der Waals surface area contributed by atoms with E-state index in [2.05, 4.69) is 20.2 Å². The lowest BCUT2D eigenvalue weighted by Crippen LogP contribution is -2.32. The van der Waals surface area contributed by atoms with Crippen LogP contribution in [0.5, 0.6) is 0 Å². The molecule has 0 bridgehead atoms. The maximum absolute atomic E-state index is 12.5. The summed E-state index contributed by atoms with van der Waals surface area (Å²) in [6.45, 7) is -1.79. The largest absolute Gasteiger partial charge is 0.367 e. The van der Waals surface area contributed by atoms with Gasteiger partial charge in [0.15, 0.2) is 5.82 Å². The lowest BCUT2D eigenvalue weighted by atomic mass is 10.4. The first-order chi connectivity index (χ1) is 8.47. The summed E-state index contributed by atoms with van der Waals surface area (Å²) in [5.74, 6) is -4.14. The van der Waals surface area contributed by atoms with Crippen LogP contribution in [0.1, 0.15) is 18.7 Å².